The SMILES string of the molecule is CC(C(C)(C)O[SiH](C)C)C(c1ccccc1)(c1ccccc1)[Si](C)(C)C. The van der Waals surface area contributed by atoms with E-state index in [1.54, 1.807) is 0 Å². The van der Waals surface area contributed by atoms with Crippen LogP contribution >= 0.6 is 0 Å². The molecule has 0 saturated carbocycles. The smallest absolute Gasteiger partial charge is 0.171 e. The molecule has 1 nitrogen and oxygen atoms in total. The summed E-state index contributed by atoms with van der Waals surface area (Å²) in [6.45, 7) is 19.1. The summed E-state index contributed by atoms with van der Waals surface area (Å²) >= 11 is 0. The maximum Gasteiger partial charge on any atom is 0.171 e. The Morgan fingerprint density at radius 3 is 1.50 bits per heavy atom. The normalized spacial score (nSPS) is 14.5. The Bertz CT molecular complexity index is 648. The molecule has 142 valence electrons. The molecule has 0 aliphatic heterocycles. The van der Waals surface area contributed by atoms with Gasteiger partial charge in [-0.2, -0.15) is 0 Å². The molecule has 0 radical (unpaired) electrons. The predicted octanol–water partition coefficient (Wildman–Crippen LogP) is 6.26. The van der Waals surface area contributed by atoms with Crippen LogP contribution in [0.25, 0.3) is 0 Å². The summed E-state index contributed by atoms with van der Waals surface area (Å²) in [7, 11) is -2.86. The van der Waals surface area contributed by atoms with Crippen molar-refractivity contribution in [2.75, 3.05) is 0 Å². The van der Waals surface area contributed by atoms with Crippen molar-refractivity contribution >= 4 is 17.1 Å². The predicted molar refractivity (Wildman–Crippen MR) is 120 cm³/mol. The topological polar surface area (TPSA) is 9.23 Å². The van der Waals surface area contributed by atoms with Crippen LogP contribution in [0.15, 0.2) is 60.7 Å². The molecule has 0 fully saturated rings. The van der Waals surface area contributed by atoms with E-state index in [-0.39, 0.29) is 10.6 Å². The zero-order valence-corrected chi connectivity index (χ0v) is 20.0. The first-order valence-electron chi connectivity index (χ1n) is 9.82. The first kappa shape index (κ1) is 21.1. The number of hydrogen-bond donors (Lipinski definition) is 0. The van der Waals surface area contributed by atoms with Gasteiger partial charge in [-0.15, -0.1) is 0 Å². The Balaban J connectivity index is 2.80. The van der Waals surface area contributed by atoms with E-state index in [4.69, 9.17) is 4.43 Å². The van der Waals surface area contributed by atoms with Crippen LogP contribution in [-0.4, -0.2) is 22.7 Å². The minimum Gasteiger partial charge on any atom is -0.415 e. The average molecular weight is 385 g/mol. The maximum absolute atomic E-state index is 6.60. The van der Waals surface area contributed by atoms with Crippen LogP contribution in [0, 0.1) is 5.92 Å². The molecule has 0 heterocycles. The Labute approximate surface area is 163 Å². The van der Waals surface area contributed by atoms with Gasteiger partial charge in [-0.1, -0.05) is 87.2 Å². The molecule has 0 amide bonds. The van der Waals surface area contributed by atoms with Gasteiger partial charge in [0.15, 0.2) is 9.04 Å². The molecular weight excluding hydrogens is 348 g/mol. The molecule has 3 heteroatoms. The van der Waals surface area contributed by atoms with Gasteiger partial charge in [0.1, 0.15) is 0 Å². The molecule has 26 heavy (non-hydrogen) atoms. The zero-order chi connectivity index (χ0) is 19.6. The number of hydrogen-bond acceptors (Lipinski definition) is 1. The summed E-state index contributed by atoms with van der Waals surface area (Å²) in [6.07, 6.45) is 0. The second-order valence-electron chi connectivity index (χ2n) is 9.28. The van der Waals surface area contributed by atoms with Crippen LogP contribution < -0.4 is 0 Å². The van der Waals surface area contributed by atoms with E-state index in [9.17, 15) is 0 Å². The Hall–Kier alpha value is -1.17. The second-order valence-corrected chi connectivity index (χ2v) is 16.9. The van der Waals surface area contributed by atoms with Gasteiger partial charge < -0.3 is 4.43 Å². The maximum atomic E-state index is 6.60. The molecule has 1 unspecified atom stereocenters. The second kappa shape index (κ2) is 7.83. The summed E-state index contributed by atoms with van der Waals surface area (Å²) in [6, 6.07) is 22.3. The molecule has 0 aromatic heterocycles. The molecule has 2 aromatic rings. The van der Waals surface area contributed by atoms with Crippen LogP contribution in [-0.2, 0) is 9.46 Å². The van der Waals surface area contributed by atoms with Gasteiger partial charge in [-0.25, -0.2) is 0 Å². The van der Waals surface area contributed by atoms with Gasteiger partial charge in [0, 0.05) is 5.04 Å². The monoisotopic (exact) mass is 384 g/mol. The van der Waals surface area contributed by atoms with Crippen LogP contribution in [0.4, 0.5) is 0 Å². The third-order valence-electron chi connectivity index (χ3n) is 5.87. The Kier molecular flexibility index (Phi) is 6.37. The molecule has 0 aliphatic carbocycles. The van der Waals surface area contributed by atoms with E-state index in [2.05, 4.69) is 114 Å². The first-order valence-corrected chi connectivity index (χ1v) is 16.1. The van der Waals surface area contributed by atoms with Gasteiger partial charge in [-0.05, 0) is 44.0 Å². The van der Waals surface area contributed by atoms with Crippen LogP contribution in [0.2, 0.25) is 32.7 Å². The van der Waals surface area contributed by atoms with E-state index < -0.39 is 17.1 Å². The third-order valence-corrected chi connectivity index (χ3v) is 10.3. The summed E-state index contributed by atoms with van der Waals surface area (Å²) < 4.78 is 6.60. The fraction of sp³-hybridized carbons (Fsp3) is 0.478. The van der Waals surface area contributed by atoms with Crippen molar-refractivity contribution in [3.63, 3.8) is 0 Å². The summed E-state index contributed by atoms with van der Waals surface area (Å²) in [5, 5.41) is -0.0116. The van der Waals surface area contributed by atoms with Gasteiger partial charge in [0.2, 0.25) is 0 Å². The quantitative estimate of drug-likeness (QED) is 0.511. The lowest BCUT2D eigenvalue weighted by atomic mass is 9.73. The largest absolute Gasteiger partial charge is 0.415 e. The van der Waals surface area contributed by atoms with E-state index in [0.29, 0.717) is 5.92 Å². The zero-order valence-electron chi connectivity index (χ0n) is 17.8. The van der Waals surface area contributed by atoms with Crippen LogP contribution in [0.5, 0.6) is 0 Å². The minimum atomic E-state index is -1.71. The highest BCUT2D eigenvalue weighted by Gasteiger charge is 2.54. The molecule has 0 aliphatic rings. The minimum absolute atomic E-state index is 0.0116. The van der Waals surface area contributed by atoms with E-state index in [1.165, 1.54) is 11.1 Å². The molecule has 2 aromatic carbocycles. The lowest BCUT2D eigenvalue weighted by molar-refractivity contribution is 0.0334. The standard InChI is InChI=1S/C23H36OSi2/c1-19(22(2,3)24-25(4)5)23(26(6,7)8,20-15-11-9-12-16-20)21-17-13-10-14-18-21/h9-19,25H,1-8H3. The lowest BCUT2D eigenvalue weighted by Gasteiger charge is -2.54. The molecule has 0 spiro atoms. The number of benzene rings is 2. The summed E-state index contributed by atoms with van der Waals surface area (Å²) in [5.41, 5.74) is 2.69. The van der Waals surface area contributed by atoms with Crippen molar-refractivity contribution in [2.45, 2.75) is 64.1 Å². The Morgan fingerprint density at radius 2 is 1.19 bits per heavy atom. The average Bonchev–Trinajstić information content (AvgIpc) is 2.55. The van der Waals surface area contributed by atoms with Crippen LogP contribution in [0.3, 0.4) is 0 Å². The fourth-order valence-corrected chi connectivity index (χ4v) is 9.95. The molecular formula is C23H36OSi2. The van der Waals surface area contributed by atoms with Gasteiger partial charge in [0.25, 0.3) is 0 Å². The van der Waals surface area contributed by atoms with E-state index in [1.807, 2.05) is 0 Å². The number of rotatable bonds is 7. The van der Waals surface area contributed by atoms with Crippen molar-refractivity contribution in [1.82, 2.24) is 0 Å². The van der Waals surface area contributed by atoms with Gasteiger partial charge >= 0.3 is 0 Å². The fourth-order valence-electron chi connectivity index (χ4n) is 4.82. The first-order chi connectivity index (χ1) is 12.0. The highest BCUT2D eigenvalue weighted by molar-refractivity contribution is 6.79. The molecule has 2 rings (SSSR count). The van der Waals surface area contributed by atoms with E-state index >= 15 is 0 Å². The van der Waals surface area contributed by atoms with E-state index in [0.717, 1.165) is 0 Å². The van der Waals surface area contributed by atoms with Gasteiger partial charge in [0.05, 0.1) is 13.7 Å². The molecule has 0 saturated heterocycles. The van der Waals surface area contributed by atoms with Crippen molar-refractivity contribution in [1.29, 1.82) is 0 Å². The van der Waals surface area contributed by atoms with Crippen molar-refractivity contribution in [3.05, 3.63) is 71.8 Å². The lowest BCUT2D eigenvalue weighted by Crippen LogP contribution is -2.60. The van der Waals surface area contributed by atoms with Crippen LogP contribution in [0.1, 0.15) is 31.9 Å². The highest BCUT2D eigenvalue weighted by atomic mass is 28.3. The van der Waals surface area contributed by atoms with Gasteiger partial charge in [-0.3, -0.25) is 0 Å². The highest BCUT2D eigenvalue weighted by Crippen LogP contribution is 2.50. The molecule has 0 bridgehead atoms. The Morgan fingerprint density at radius 1 is 0.808 bits per heavy atom. The molecule has 1 atom stereocenters. The van der Waals surface area contributed by atoms with Crippen molar-refractivity contribution < 1.29 is 4.43 Å². The summed E-state index contributed by atoms with van der Waals surface area (Å²) in [5.74, 6) is 0.362. The summed E-state index contributed by atoms with van der Waals surface area (Å²) in [4.78, 5) is 0. The third kappa shape index (κ3) is 3.90. The van der Waals surface area contributed by atoms with Crippen molar-refractivity contribution in [3.8, 4) is 0 Å². The molecule has 0 N–H and O–H groups in total. The van der Waals surface area contributed by atoms with Crippen molar-refractivity contribution in [2.24, 2.45) is 5.92 Å².